The number of primary amides is 1. The topological polar surface area (TPSA) is 220 Å². The van der Waals surface area contributed by atoms with Crippen LogP contribution in [0.5, 0.6) is 0 Å². The van der Waals surface area contributed by atoms with Gasteiger partial charge in [0.1, 0.15) is 45.7 Å². The molecule has 25 heteroatoms. The maximum Gasteiger partial charge on any atom is 0.251 e. The summed E-state index contributed by atoms with van der Waals surface area (Å²) in [7, 11) is 1.78. The number of carbonyl (C=O) groups is 2. The van der Waals surface area contributed by atoms with Crippen molar-refractivity contribution in [3.05, 3.63) is 171 Å². The molecule has 2 heterocycles. The Bertz CT molecular complexity index is 2790. The molecule has 0 radical (unpaired) electrons. The number of carbonyl (C=O) groups excluding carboxylic acids is 2. The highest BCUT2D eigenvalue weighted by Crippen LogP contribution is 2.27. The highest BCUT2D eigenvalue weighted by atomic mass is 79.9. The highest BCUT2D eigenvalue weighted by Gasteiger charge is 2.14. The first-order valence-electron chi connectivity index (χ1n) is 18.6. The average molecular weight is 1300 g/mol. The largest absolute Gasteiger partial charge is 0.389 e. The van der Waals surface area contributed by atoms with Crippen LogP contribution in [0, 0.1) is 48.3 Å². The van der Waals surface area contributed by atoms with Crippen LogP contribution < -0.4 is 22.7 Å². The molecule has 0 bridgehead atoms. The number of rotatable bonds is 5. The molecule has 0 aliphatic rings. The number of amides is 2. The third-order valence-electron chi connectivity index (χ3n) is 8.00. The summed E-state index contributed by atoms with van der Waals surface area (Å²) in [5.41, 5.74) is 13.3. The molecule has 5 aromatic carbocycles. The van der Waals surface area contributed by atoms with Gasteiger partial charge in [-0.2, -0.15) is 10.2 Å². The molecule has 0 aliphatic carbocycles. The first-order chi connectivity index (χ1) is 32.0. The molecule has 13 nitrogen and oxygen atoms in total. The Kier molecular flexibility index (Phi) is 25.6. The number of thioether (sulfide) groups is 1. The van der Waals surface area contributed by atoms with E-state index in [1.54, 1.807) is 104 Å². The molecule has 0 fully saturated rings. The third kappa shape index (κ3) is 18.3. The molecule has 7 rings (SSSR count). The first-order valence-corrected chi connectivity index (χ1v) is 24.2. The Morgan fingerprint density at radius 2 is 1.06 bits per heavy atom. The molecule has 360 valence electrons. The zero-order valence-electron chi connectivity index (χ0n) is 36.0. The van der Waals surface area contributed by atoms with Crippen molar-refractivity contribution in [1.29, 1.82) is 5.41 Å². The average Bonchev–Trinajstić information content (AvgIpc) is 3.89. The van der Waals surface area contributed by atoms with Gasteiger partial charge in [0.05, 0.1) is 44.1 Å². The third-order valence-corrected chi connectivity index (χ3v) is 11.9. The molecular formula is C43H39Br5F5N11O2S2. The van der Waals surface area contributed by atoms with Gasteiger partial charge in [0, 0.05) is 25.1 Å². The SMILES string of the molecule is CC(=O)NN.CSC(=N)c1cccc(Br)c1F.Cc1nc(-c2cccc(Br)c2F)n[nH]1.Cc1nc(-c2cccc(Br)c2F)nn1C.NC(=O)c1cccc(Br)c1F.NC(=S)c1cccc(Br)c1F. The van der Waals surface area contributed by atoms with Crippen molar-refractivity contribution >= 4 is 125 Å². The smallest absolute Gasteiger partial charge is 0.251 e. The van der Waals surface area contributed by atoms with Crippen LogP contribution in [0.3, 0.4) is 0 Å². The van der Waals surface area contributed by atoms with Crippen molar-refractivity contribution in [2.75, 3.05) is 6.26 Å². The highest BCUT2D eigenvalue weighted by molar-refractivity contribution is 9.11. The monoisotopic (exact) mass is 1290 g/mol. The summed E-state index contributed by atoms with van der Waals surface area (Å²) in [4.78, 5) is 28.4. The fourth-order valence-corrected chi connectivity index (χ4v) is 6.94. The first kappa shape index (κ1) is 59.4. The normalized spacial score (nSPS) is 9.88. The van der Waals surface area contributed by atoms with E-state index in [0.717, 1.165) is 5.82 Å². The van der Waals surface area contributed by atoms with E-state index in [2.05, 4.69) is 123 Å². The number of hydrogen-bond donors (Lipinski definition) is 6. The van der Waals surface area contributed by atoms with Crippen LogP contribution in [0.1, 0.15) is 40.1 Å². The molecule has 0 saturated heterocycles. The fourth-order valence-electron chi connectivity index (χ4n) is 4.57. The molecule has 0 saturated carbocycles. The van der Waals surface area contributed by atoms with Crippen LogP contribution in [0.4, 0.5) is 22.0 Å². The summed E-state index contributed by atoms with van der Waals surface area (Å²) in [5, 5.41) is 18.4. The number of H-pyrrole nitrogens is 1. The van der Waals surface area contributed by atoms with Crippen LogP contribution >= 0.6 is 104 Å². The minimum atomic E-state index is -0.760. The van der Waals surface area contributed by atoms with Gasteiger partial charge in [-0.15, -0.1) is 11.8 Å². The molecule has 0 atom stereocenters. The van der Waals surface area contributed by atoms with Gasteiger partial charge in [-0.05, 0) is 160 Å². The molecule has 0 unspecified atom stereocenters. The molecule has 2 amide bonds. The number of nitrogens with one attached hydrogen (secondary N) is 3. The van der Waals surface area contributed by atoms with Crippen molar-refractivity contribution < 1.29 is 31.5 Å². The maximum atomic E-state index is 13.7. The second kappa shape index (κ2) is 29.3. The van der Waals surface area contributed by atoms with Crippen molar-refractivity contribution in [2.45, 2.75) is 20.8 Å². The molecule has 2 aromatic heterocycles. The lowest BCUT2D eigenvalue weighted by molar-refractivity contribution is -0.119. The summed E-state index contributed by atoms with van der Waals surface area (Å²) in [6.45, 7) is 4.94. The number of nitrogens with two attached hydrogens (primary N) is 3. The summed E-state index contributed by atoms with van der Waals surface area (Å²) < 4.78 is 69.9. The van der Waals surface area contributed by atoms with Crippen LogP contribution in [-0.2, 0) is 11.8 Å². The molecule has 0 aliphatic heterocycles. The lowest BCUT2D eigenvalue weighted by Crippen LogP contribution is -2.26. The summed E-state index contributed by atoms with van der Waals surface area (Å²) in [6.07, 6.45) is 1.75. The zero-order chi connectivity index (χ0) is 51.4. The minimum Gasteiger partial charge on any atom is -0.389 e. The Labute approximate surface area is 439 Å². The van der Waals surface area contributed by atoms with Gasteiger partial charge >= 0.3 is 0 Å². The van der Waals surface area contributed by atoms with Gasteiger partial charge in [0.2, 0.25) is 5.91 Å². The fraction of sp³-hybridized carbons (Fsp3) is 0.116. The van der Waals surface area contributed by atoms with Crippen molar-refractivity contribution in [3.8, 4) is 22.8 Å². The summed E-state index contributed by atoms with van der Waals surface area (Å²) >= 11 is 21.1. The van der Waals surface area contributed by atoms with Gasteiger partial charge in [-0.3, -0.25) is 30.2 Å². The number of hydrogen-bond acceptors (Lipinski definition) is 10. The van der Waals surface area contributed by atoms with E-state index in [9.17, 15) is 31.5 Å². The molecular weight excluding hydrogens is 1260 g/mol. The Morgan fingerprint density at radius 1 is 0.676 bits per heavy atom. The van der Waals surface area contributed by atoms with Crippen LogP contribution in [0.2, 0.25) is 0 Å². The number of halogens is 10. The van der Waals surface area contributed by atoms with Crippen LogP contribution in [0.25, 0.3) is 22.8 Å². The molecule has 0 spiro atoms. The predicted molar refractivity (Wildman–Crippen MR) is 278 cm³/mol. The Balaban J connectivity index is 0.000000286. The second-order valence-corrected chi connectivity index (χ2v) is 18.3. The second-order valence-electron chi connectivity index (χ2n) is 12.8. The van der Waals surface area contributed by atoms with E-state index in [1.165, 1.54) is 30.8 Å². The Morgan fingerprint density at radius 3 is 1.40 bits per heavy atom. The van der Waals surface area contributed by atoms with E-state index in [0.29, 0.717) is 52.1 Å². The Hall–Kier alpha value is -4.76. The summed E-state index contributed by atoms with van der Waals surface area (Å²) in [6, 6.07) is 24.2. The molecule has 68 heavy (non-hydrogen) atoms. The number of hydrazine groups is 1. The van der Waals surface area contributed by atoms with E-state index in [-0.39, 0.29) is 49.0 Å². The number of thiocarbonyl (C=S) groups is 1. The number of benzene rings is 5. The maximum absolute atomic E-state index is 13.7. The molecule has 7 aromatic rings. The van der Waals surface area contributed by atoms with Gasteiger partial charge in [0.25, 0.3) is 5.91 Å². The van der Waals surface area contributed by atoms with Crippen molar-refractivity contribution in [1.82, 2.24) is 35.4 Å². The van der Waals surface area contributed by atoms with Gasteiger partial charge in [-0.25, -0.2) is 37.8 Å². The lowest BCUT2D eigenvalue weighted by Gasteiger charge is -2.02. The summed E-state index contributed by atoms with van der Waals surface area (Å²) in [5.74, 6) is 3.75. The van der Waals surface area contributed by atoms with Gasteiger partial charge < -0.3 is 11.5 Å². The van der Waals surface area contributed by atoms with Crippen molar-refractivity contribution in [2.24, 2.45) is 24.4 Å². The zero-order valence-corrected chi connectivity index (χ0v) is 45.6. The van der Waals surface area contributed by atoms with Crippen LogP contribution in [-0.4, -0.2) is 58.0 Å². The van der Waals surface area contributed by atoms with Gasteiger partial charge in [-0.1, -0.05) is 42.5 Å². The number of aromatic amines is 1. The van der Waals surface area contributed by atoms with E-state index in [4.69, 9.17) is 16.9 Å². The minimum absolute atomic E-state index is 0.0730. The van der Waals surface area contributed by atoms with Crippen molar-refractivity contribution in [3.63, 3.8) is 0 Å². The quantitative estimate of drug-likeness (QED) is 0.0182. The standard InChI is InChI=1S/C10H9BrFN3.C9H7BrFN3.C8H7BrFNS.C7H5BrFNO.C7H5BrFNS.C2H6N2O/c1-6-13-10(14-15(6)2)7-4-3-5-8(11)9(7)12;1-5-12-9(14-13-5)6-3-2-4-7(10)8(6)11;1-12-8(11)5-3-2-4-6(9)7(5)10;2*8-5-3-1-2-4(6(5)9)7(10)11;1-2(5)4-3/h3-5H,1-2H3;2-4H,1H3,(H,12,13,14);2-4,11H,1H3;2*1-3H,(H2,10,11);3H2,1H3,(H,4,5). The van der Waals surface area contributed by atoms with Gasteiger partial charge in [0.15, 0.2) is 11.6 Å². The molecule has 9 N–H and O–H groups in total. The van der Waals surface area contributed by atoms with Crippen LogP contribution in [0.15, 0.2) is 113 Å². The number of aromatic nitrogens is 6. The predicted octanol–water partition coefficient (Wildman–Crippen LogP) is 11.6. The number of aryl methyl sites for hydroxylation is 3. The van der Waals surface area contributed by atoms with E-state index >= 15 is 0 Å². The van der Waals surface area contributed by atoms with E-state index in [1.807, 2.05) is 12.3 Å². The van der Waals surface area contributed by atoms with E-state index < -0.39 is 17.5 Å². The lowest BCUT2D eigenvalue weighted by atomic mass is 10.2. The number of nitrogens with zero attached hydrogens (tertiary/aromatic N) is 5.